The quantitative estimate of drug-likeness (QED) is 0.663. The van der Waals surface area contributed by atoms with E-state index in [4.69, 9.17) is 10.5 Å². The summed E-state index contributed by atoms with van der Waals surface area (Å²) >= 11 is 0. The van der Waals surface area contributed by atoms with Crippen molar-refractivity contribution in [2.24, 2.45) is 11.7 Å². The molecule has 0 aliphatic heterocycles. The number of rotatable bonds is 5. The highest BCUT2D eigenvalue weighted by molar-refractivity contribution is 4.70. The average molecular weight is 159 g/mol. The second kappa shape index (κ2) is 5.56. The zero-order valence-electron chi connectivity index (χ0n) is 8.13. The van der Waals surface area contributed by atoms with Crippen LogP contribution in [0, 0.1) is 5.92 Å². The Labute approximate surface area is 70.1 Å². The molecule has 0 rings (SSSR count). The summed E-state index contributed by atoms with van der Waals surface area (Å²) in [6.07, 6.45) is 2.40. The Kier molecular flexibility index (Phi) is 5.51. The first kappa shape index (κ1) is 10.9. The van der Waals surface area contributed by atoms with Gasteiger partial charge in [-0.25, -0.2) is 0 Å². The lowest BCUT2D eigenvalue weighted by Gasteiger charge is -2.21. The van der Waals surface area contributed by atoms with Gasteiger partial charge in [-0.2, -0.15) is 0 Å². The molecule has 0 fully saturated rings. The molecule has 0 aromatic rings. The van der Waals surface area contributed by atoms with Crippen LogP contribution in [0.25, 0.3) is 0 Å². The van der Waals surface area contributed by atoms with Gasteiger partial charge in [0.2, 0.25) is 0 Å². The van der Waals surface area contributed by atoms with E-state index in [-0.39, 0.29) is 6.04 Å². The molecule has 2 N–H and O–H groups in total. The predicted octanol–water partition coefficient (Wildman–Crippen LogP) is 1.78. The van der Waals surface area contributed by atoms with Gasteiger partial charge in [0.25, 0.3) is 0 Å². The van der Waals surface area contributed by atoms with Crippen molar-refractivity contribution in [3.63, 3.8) is 0 Å². The fourth-order valence-corrected chi connectivity index (χ4v) is 1.01. The number of methoxy groups -OCH3 is 1. The molecule has 0 aromatic carbocycles. The van der Waals surface area contributed by atoms with Gasteiger partial charge in [-0.3, -0.25) is 0 Å². The molecule has 0 saturated carbocycles. The van der Waals surface area contributed by atoms with E-state index < -0.39 is 0 Å². The van der Waals surface area contributed by atoms with Crippen LogP contribution >= 0.6 is 0 Å². The number of hydrogen-bond donors (Lipinski definition) is 1. The molecule has 68 valence electrons. The Balaban J connectivity index is 3.58. The van der Waals surface area contributed by atoms with Crippen molar-refractivity contribution in [2.45, 2.75) is 45.8 Å². The maximum atomic E-state index is 5.92. The van der Waals surface area contributed by atoms with Gasteiger partial charge in [0.15, 0.2) is 0 Å². The molecule has 0 aliphatic carbocycles. The standard InChI is InChI=1S/C9H21NO/c1-5-7(2)9(10)6-8(3)11-4/h7-9H,5-6,10H2,1-4H3. The zero-order valence-corrected chi connectivity index (χ0v) is 8.13. The van der Waals surface area contributed by atoms with Crippen LogP contribution in [0.15, 0.2) is 0 Å². The fourth-order valence-electron chi connectivity index (χ4n) is 1.01. The minimum absolute atomic E-state index is 0.287. The maximum Gasteiger partial charge on any atom is 0.0558 e. The Bertz CT molecular complexity index is 95.6. The van der Waals surface area contributed by atoms with E-state index in [0.717, 1.165) is 12.8 Å². The van der Waals surface area contributed by atoms with Crippen molar-refractivity contribution < 1.29 is 4.74 Å². The molecular weight excluding hydrogens is 138 g/mol. The molecular formula is C9H21NO. The van der Waals surface area contributed by atoms with Gasteiger partial charge in [0.05, 0.1) is 6.10 Å². The molecule has 0 bridgehead atoms. The predicted molar refractivity (Wildman–Crippen MR) is 48.5 cm³/mol. The van der Waals surface area contributed by atoms with E-state index in [1.807, 2.05) is 0 Å². The highest BCUT2D eigenvalue weighted by Gasteiger charge is 2.13. The van der Waals surface area contributed by atoms with E-state index in [9.17, 15) is 0 Å². The zero-order chi connectivity index (χ0) is 8.85. The smallest absolute Gasteiger partial charge is 0.0558 e. The lowest BCUT2D eigenvalue weighted by molar-refractivity contribution is 0.0985. The number of ether oxygens (including phenoxy) is 1. The molecule has 11 heavy (non-hydrogen) atoms. The Morgan fingerprint density at radius 3 is 2.27 bits per heavy atom. The van der Waals surface area contributed by atoms with Crippen molar-refractivity contribution in [3.05, 3.63) is 0 Å². The molecule has 0 heterocycles. The van der Waals surface area contributed by atoms with Crippen molar-refractivity contribution in [3.8, 4) is 0 Å². The first-order valence-corrected chi connectivity index (χ1v) is 4.40. The van der Waals surface area contributed by atoms with Crippen molar-refractivity contribution in [1.82, 2.24) is 0 Å². The van der Waals surface area contributed by atoms with Gasteiger partial charge in [-0.15, -0.1) is 0 Å². The highest BCUT2D eigenvalue weighted by atomic mass is 16.5. The third-order valence-corrected chi connectivity index (χ3v) is 2.38. The minimum Gasteiger partial charge on any atom is -0.382 e. The normalized spacial score (nSPS) is 19.4. The van der Waals surface area contributed by atoms with Crippen LogP contribution in [0.4, 0.5) is 0 Å². The van der Waals surface area contributed by atoms with Gasteiger partial charge < -0.3 is 10.5 Å². The summed E-state index contributed by atoms with van der Waals surface area (Å²) in [5.41, 5.74) is 5.92. The summed E-state index contributed by atoms with van der Waals surface area (Å²) in [4.78, 5) is 0. The maximum absolute atomic E-state index is 5.92. The number of nitrogens with two attached hydrogens (primary N) is 1. The average Bonchev–Trinajstić information content (AvgIpc) is 2.02. The Morgan fingerprint density at radius 2 is 1.91 bits per heavy atom. The minimum atomic E-state index is 0.287. The van der Waals surface area contributed by atoms with Crippen molar-refractivity contribution >= 4 is 0 Å². The molecule has 2 heteroatoms. The molecule has 0 saturated heterocycles. The fraction of sp³-hybridized carbons (Fsp3) is 1.00. The van der Waals surface area contributed by atoms with Crippen LogP contribution < -0.4 is 5.73 Å². The van der Waals surface area contributed by atoms with Gasteiger partial charge in [0, 0.05) is 13.2 Å². The van der Waals surface area contributed by atoms with Crippen molar-refractivity contribution in [2.75, 3.05) is 7.11 Å². The second-order valence-electron chi connectivity index (χ2n) is 3.33. The molecule has 0 aliphatic rings. The molecule has 3 atom stereocenters. The first-order chi connectivity index (χ1) is 5.11. The Hall–Kier alpha value is -0.0800. The monoisotopic (exact) mass is 159 g/mol. The SMILES string of the molecule is CCC(C)C(N)CC(C)OC. The van der Waals surface area contributed by atoms with Gasteiger partial charge in [-0.05, 0) is 19.3 Å². The van der Waals surface area contributed by atoms with Crippen LogP contribution in [-0.4, -0.2) is 19.3 Å². The summed E-state index contributed by atoms with van der Waals surface area (Å²) in [7, 11) is 1.73. The van der Waals surface area contributed by atoms with E-state index in [1.54, 1.807) is 7.11 Å². The van der Waals surface area contributed by atoms with E-state index in [0.29, 0.717) is 12.0 Å². The molecule has 2 nitrogen and oxygen atoms in total. The molecule has 0 amide bonds. The van der Waals surface area contributed by atoms with Crippen LogP contribution in [0.3, 0.4) is 0 Å². The molecule has 0 aromatic heterocycles. The molecule has 0 radical (unpaired) electrons. The van der Waals surface area contributed by atoms with E-state index >= 15 is 0 Å². The topological polar surface area (TPSA) is 35.2 Å². The Morgan fingerprint density at radius 1 is 1.36 bits per heavy atom. The summed E-state index contributed by atoms with van der Waals surface area (Å²) in [5, 5.41) is 0. The van der Waals surface area contributed by atoms with Gasteiger partial charge >= 0.3 is 0 Å². The summed E-state index contributed by atoms with van der Waals surface area (Å²) < 4.78 is 5.14. The van der Waals surface area contributed by atoms with Crippen LogP contribution in [0.5, 0.6) is 0 Å². The van der Waals surface area contributed by atoms with Crippen molar-refractivity contribution in [1.29, 1.82) is 0 Å². The third-order valence-electron chi connectivity index (χ3n) is 2.38. The van der Waals surface area contributed by atoms with E-state index in [1.165, 1.54) is 0 Å². The highest BCUT2D eigenvalue weighted by Crippen LogP contribution is 2.11. The van der Waals surface area contributed by atoms with Gasteiger partial charge in [0.1, 0.15) is 0 Å². The lowest BCUT2D eigenvalue weighted by atomic mass is 9.95. The summed E-state index contributed by atoms with van der Waals surface area (Å²) in [5.74, 6) is 0.604. The third kappa shape index (κ3) is 4.38. The second-order valence-corrected chi connectivity index (χ2v) is 3.33. The molecule has 0 spiro atoms. The van der Waals surface area contributed by atoms with Crippen LogP contribution in [0.2, 0.25) is 0 Å². The lowest BCUT2D eigenvalue weighted by Crippen LogP contribution is -2.31. The largest absolute Gasteiger partial charge is 0.382 e. The summed E-state index contributed by atoms with van der Waals surface area (Å²) in [6, 6.07) is 0.287. The van der Waals surface area contributed by atoms with E-state index in [2.05, 4.69) is 20.8 Å². The summed E-state index contributed by atoms with van der Waals surface area (Å²) in [6.45, 7) is 6.41. The van der Waals surface area contributed by atoms with Crippen LogP contribution in [0.1, 0.15) is 33.6 Å². The molecule has 3 unspecified atom stereocenters. The first-order valence-electron chi connectivity index (χ1n) is 4.40. The number of hydrogen-bond acceptors (Lipinski definition) is 2. The van der Waals surface area contributed by atoms with Gasteiger partial charge in [-0.1, -0.05) is 20.3 Å². The van der Waals surface area contributed by atoms with Crippen LogP contribution in [-0.2, 0) is 4.74 Å².